The Labute approximate surface area is 113 Å². The van der Waals surface area contributed by atoms with Gasteiger partial charge in [0.15, 0.2) is 0 Å². The molecular weight excluding hydrogens is 246 g/mol. The average Bonchev–Trinajstić information content (AvgIpc) is 2.73. The number of ether oxygens (including phenoxy) is 1. The molecule has 1 aromatic rings. The molecule has 0 saturated carbocycles. The van der Waals surface area contributed by atoms with Gasteiger partial charge in [0, 0.05) is 13.0 Å². The zero-order chi connectivity index (χ0) is 14.4. The van der Waals surface area contributed by atoms with Gasteiger partial charge in [0.2, 0.25) is 5.91 Å². The molecule has 0 atom stereocenters. The van der Waals surface area contributed by atoms with Crippen LogP contribution in [-0.4, -0.2) is 28.3 Å². The van der Waals surface area contributed by atoms with E-state index in [1.165, 1.54) is 10.9 Å². The predicted molar refractivity (Wildman–Crippen MR) is 71.9 cm³/mol. The summed E-state index contributed by atoms with van der Waals surface area (Å²) in [7, 11) is 1.67. The van der Waals surface area contributed by atoms with Crippen molar-refractivity contribution >= 4 is 17.7 Å². The molecule has 0 saturated heterocycles. The molecule has 0 unspecified atom stereocenters. The number of nitrogens with zero attached hydrogens (tertiary/aromatic N) is 2. The van der Waals surface area contributed by atoms with E-state index >= 15 is 0 Å². The number of carbonyl (C=O) groups is 2. The summed E-state index contributed by atoms with van der Waals surface area (Å²) in [4.78, 5) is 23.8. The summed E-state index contributed by atoms with van der Waals surface area (Å²) < 4.78 is 6.40. The second kappa shape index (κ2) is 6.92. The number of amides is 1. The van der Waals surface area contributed by atoms with Crippen LogP contribution >= 0.6 is 0 Å². The van der Waals surface area contributed by atoms with E-state index in [1.807, 2.05) is 13.8 Å². The Bertz CT molecular complexity index is 450. The Balaban J connectivity index is 2.91. The van der Waals surface area contributed by atoms with Gasteiger partial charge in [0.05, 0.1) is 12.8 Å². The molecule has 1 aromatic heterocycles. The molecule has 1 N–H and O–H groups in total. The average molecular weight is 267 g/mol. The summed E-state index contributed by atoms with van der Waals surface area (Å²) in [6.07, 6.45) is 2.92. The number of rotatable bonds is 6. The van der Waals surface area contributed by atoms with Crippen LogP contribution in [0.5, 0.6) is 0 Å². The summed E-state index contributed by atoms with van der Waals surface area (Å²) in [5.74, 6) is -0.255. The van der Waals surface area contributed by atoms with Crippen molar-refractivity contribution in [1.29, 1.82) is 0 Å². The summed E-state index contributed by atoms with van der Waals surface area (Å²) in [5.41, 5.74) is 0.281. The van der Waals surface area contributed by atoms with E-state index in [4.69, 9.17) is 4.74 Å². The lowest BCUT2D eigenvalue weighted by Crippen LogP contribution is -2.24. The lowest BCUT2D eigenvalue weighted by atomic mass is 10.0. The van der Waals surface area contributed by atoms with E-state index in [0.717, 1.165) is 12.8 Å². The van der Waals surface area contributed by atoms with Crippen molar-refractivity contribution in [2.24, 2.45) is 13.0 Å². The first-order chi connectivity index (χ1) is 9.04. The Morgan fingerprint density at radius 3 is 2.53 bits per heavy atom. The van der Waals surface area contributed by atoms with Gasteiger partial charge in [-0.2, -0.15) is 5.10 Å². The summed E-state index contributed by atoms with van der Waals surface area (Å²) in [6.45, 7) is 5.94. The molecule has 1 amide bonds. The first kappa shape index (κ1) is 15.2. The third-order valence-electron chi connectivity index (χ3n) is 3.03. The van der Waals surface area contributed by atoms with Crippen molar-refractivity contribution in [2.75, 3.05) is 11.9 Å². The normalized spacial score (nSPS) is 10.6. The first-order valence-corrected chi connectivity index (χ1v) is 6.55. The van der Waals surface area contributed by atoms with Gasteiger partial charge in [-0.25, -0.2) is 4.79 Å². The summed E-state index contributed by atoms with van der Waals surface area (Å²) in [6, 6.07) is 0. The minimum absolute atomic E-state index is 0.0649. The highest BCUT2D eigenvalue weighted by molar-refractivity contribution is 6.00. The van der Waals surface area contributed by atoms with E-state index in [1.54, 1.807) is 14.0 Å². The van der Waals surface area contributed by atoms with Crippen LogP contribution in [0.3, 0.4) is 0 Å². The zero-order valence-electron chi connectivity index (χ0n) is 11.9. The van der Waals surface area contributed by atoms with E-state index in [0.29, 0.717) is 5.82 Å². The first-order valence-electron chi connectivity index (χ1n) is 6.55. The number of anilines is 1. The smallest absolute Gasteiger partial charge is 0.343 e. The molecule has 0 aliphatic heterocycles. The maximum Gasteiger partial charge on any atom is 0.343 e. The lowest BCUT2D eigenvalue weighted by molar-refractivity contribution is -0.120. The fraction of sp³-hybridized carbons (Fsp3) is 0.615. The van der Waals surface area contributed by atoms with Crippen LogP contribution in [0.2, 0.25) is 0 Å². The molecule has 0 radical (unpaired) electrons. The highest BCUT2D eigenvalue weighted by Gasteiger charge is 2.21. The van der Waals surface area contributed by atoms with Crippen LogP contribution in [0.25, 0.3) is 0 Å². The minimum Gasteiger partial charge on any atom is -0.462 e. The van der Waals surface area contributed by atoms with Gasteiger partial charge < -0.3 is 10.1 Å². The largest absolute Gasteiger partial charge is 0.462 e. The van der Waals surface area contributed by atoms with Crippen LogP contribution in [-0.2, 0) is 16.6 Å². The minimum atomic E-state index is -0.476. The van der Waals surface area contributed by atoms with Gasteiger partial charge in [-0.1, -0.05) is 13.8 Å². The molecule has 106 valence electrons. The number of hydrogen-bond acceptors (Lipinski definition) is 4. The molecule has 0 aliphatic rings. The van der Waals surface area contributed by atoms with Crippen molar-refractivity contribution in [3.63, 3.8) is 0 Å². The molecule has 0 aliphatic carbocycles. The molecule has 1 heterocycles. The second-order valence-electron chi connectivity index (χ2n) is 4.25. The van der Waals surface area contributed by atoms with Crippen molar-refractivity contribution in [3.05, 3.63) is 11.8 Å². The topological polar surface area (TPSA) is 73.2 Å². The maximum absolute atomic E-state index is 12.1. The Morgan fingerprint density at radius 2 is 2.00 bits per heavy atom. The molecule has 0 fully saturated rings. The van der Waals surface area contributed by atoms with Gasteiger partial charge in [-0.3, -0.25) is 9.48 Å². The van der Waals surface area contributed by atoms with Crippen LogP contribution in [0.4, 0.5) is 5.82 Å². The Morgan fingerprint density at radius 1 is 1.37 bits per heavy atom. The number of hydrogen-bond donors (Lipinski definition) is 1. The monoisotopic (exact) mass is 267 g/mol. The molecule has 6 heteroatoms. The van der Waals surface area contributed by atoms with Crippen LogP contribution in [0, 0.1) is 5.92 Å². The van der Waals surface area contributed by atoms with Gasteiger partial charge in [0.1, 0.15) is 11.4 Å². The van der Waals surface area contributed by atoms with Crippen molar-refractivity contribution < 1.29 is 14.3 Å². The second-order valence-corrected chi connectivity index (χ2v) is 4.25. The van der Waals surface area contributed by atoms with Gasteiger partial charge >= 0.3 is 5.97 Å². The highest BCUT2D eigenvalue weighted by Crippen LogP contribution is 2.18. The quantitative estimate of drug-likeness (QED) is 0.800. The van der Waals surface area contributed by atoms with Crippen molar-refractivity contribution in [2.45, 2.75) is 33.6 Å². The number of carbonyl (C=O) groups excluding carboxylic acids is 2. The molecule has 6 nitrogen and oxygen atoms in total. The Hall–Kier alpha value is -1.85. The van der Waals surface area contributed by atoms with E-state index in [-0.39, 0.29) is 24.0 Å². The van der Waals surface area contributed by atoms with Gasteiger partial charge in [0.25, 0.3) is 0 Å². The van der Waals surface area contributed by atoms with Gasteiger partial charge in [-0.05, 0) is 19.8 Å². The standard InChI is InChI=1S/C13H21N3O3/c1-5-9(6-2)12(17)15-11-10(8-14-16(11)4)13(18)19-7-3/h8-9H,5-7H2,1-4H3,(H,15,17). The molecule has 0 bridgehead atoms. The van der Waals surface area contributed by atoms with Gasteiger partial charge in [-0.15, -0.1) is 0 Å². The number of nitrogens with one attached hydrogen (secondary N) is 1. The highest BCUT2D eigenvalue weighted by atomic mass is 16.5. The molecular formula is C13H21N3O3. The number of aromatic nitrogens is 2. The van der Waals surface area contributed by atoms with Crippen molar-refractivity contribution in [1.82, 2.24) is 9.78 Å². The lowest BCUT2D eigenvalue weighted by Gasteiger charge is -2.13. The van der Waals surface area contributed by atoms with Crippen LogP contribution in [0.15, 0.2) is 6.20 Å². The molecule has 0 aromatic carbocycles. The van der Waals surface area contributed by atoms with Crippen LogP contribution in [0.1, 0.15) is 44.0 Å². The fourth-order valence-corrected chi connectivity index (χ4v) is 1.82. The third kappa shape index (κ3) is 3.56. The van der Waals surface area contributed by atoms with Crippen LogP contribution < -0.4 is 5.32 Å². The number of esters is 1. The summed E-state index contributed by atoms with van der Waals surface area (Å²) in [5, 5.41) is 6.75. The maximum atomic E-state index is 12.1. The summed E-state index contributed by atoms with van der Waals surface area (Å²) >= 11 is 0. The number of aryl methyl sites for hydroxylation is 1. The van der Waals surface area contributed by atoms with Crippen molar-refractivity contribution in [3.8, 4) is 0 Å². The van der Waals surface area contributed by atoms with E-state index in [2.05, 4.69) is 10.4 Å². The fourth-order valence-electron chi connectivity index (χ4n) is 1.82. The van der Waals surface area contributed by atoms with E-state index < -0.39 is 5.97 Å². The SMILES string of the molecule is CCOC(=O)c1cnn(C)c1NC(=O)C(CC)CC. The zero-order valence-corrected chi connectivity index (χ0v) is 11.9. The molecule has 0 spiro atoms. The molecule has 19 heavy (non-hydrogen) atoms. The third-order valence-corrected chi connectivity index (χ3v) is 3.03. The molecule has 1 rings (SSSR count). The predicted octanol–water partition coefficient (Wildman–Crippen LogP) is 1.97. The van der Waals surface area contributed by atoms with E-state index in [9.17, 15) is 9.59 Å². The Kier molecular flexibility index (Phi) is 5.54.